The largest absolute Gasteiger partial charge is 0.382 e. The summed E-state index contributed by atoms with van der Waals surface area (Å²) in [5.41, 5.74) is 5.48. The van der Waals surface area contributed by atoms with Crippen LogP contribution in [0.4, 0.5) is 11.4 Å². The summed E-state index contributed by atoms with van der Waals surface area (Å²) in [5, 5.41) is 11.0. The van der Waals surface area contributed by atoms with Gasteiger partial charge in [-0.15, -0.1) is 0 Å². The number of rotatable bonds is 7. The van der Waals surface area contributed by atoms with E-state index in [0.29, 0.717) is 33.6 Å². The zero-order chi connectivity index (χ0) is 30.6. The molecule has 0 aromatic heterocycles. The highest BCUT2D eigenvalue weighted by molar-refractivity contribution is 6.37. The van der Waals surface area contributed by atoms with Crippen molar-refractivity contribution in [2.24, 2.45) is 0 Å². The van der Waals surface area contributed by atoms with E-state index in [1.165, 1.54) is 0 Å². The number of hydroxylamine groups is 1. The Balaban J connectivity index is 1.28. The molecule has 4 aliphatic rings. The van der Waals surface area contributed by atoms with Gasteiger partial charge in [-0.25, -0.2) is 5.48 Å². The molecule has 7 rings (SSSR count). The van der Waals surface area contributed by atoms with Crippen molar-refractivity contribution in [1.82, 2.24) is 10.8 Å². The van der Waals surface area contributed by atoms with Crippen molar-refractivity contribution >= 4 is 52.3 Å². The third-order valence-corrected chi connectivity index (χ3v) is 10.4. The van der Waals surface area contributed by atoms with Crippen molar-refractivity contribution < 1.29 is 24.0 Å². The summed E-state index contributed by atoms with van der Waals surface area (Å²) in [6, 6.07) is 15.3. The summed E-state index contributed by atoms with van der Waals surface area (Å²) in [6.07, 6.45) is 4.47. The molecule has 228 valence electrons. The van der Waals surface area contributed by atoms with Gasteiger partial charge >= 0.3 is 0 Å². The lowest BCUT2D eigenvalue weighted by Gasteiger charge is -2.46. The molecule has 0 unspecified atom stereocenters. The van der Waals surface area contributed by atoms with Crippen molar-refractivity contribution in [2.45, 2.75) is 55.0 Å². The van der Waals surface area contributed by atoms with E-state index in [1.54, 1.807) is 31.4 Å². The molecule has 2 aliphatic carbocycles. The molecule has 11 heteroatoms. The Morgan fingerprint density at radius 3 is 2.52 bits per heavy atom. The smallest absolute Gasteiger partial charge is 0.274 e. The number of nitrogens with one attached hydrogen (secondary N) is 4. The fourth-order valence-electron chi connectivity index (χ4n) is 8.00. The maximum Gasteiger partial charge on any atom is 0.274 e. The molecule has 1 saturated carbocycles. The van der Waals surface area contributed by atoms with Gasteiger partial charge in [-0.1, -0.05) is 54.6 Å². The van der Waals surface area contributed by atoms with E-state index in [1.807, 2.05) is 30.3 Å². The van der Waals surface area contributed by atoms with Crippen LogP contribution in [0.2, 0.25) is 10.0 Å². The first-order chi connectivity index (χ1) is 21.3. The summed E-state index contributed by atoms with van der Waals surface area (Å²) in [7, 11) is 1.55. The quantitative estimate of drug-likeness (QED) is 0.199. The minimum absolute atomic E-state index is 0.119. The minimum Gasteiger partial charge on any atom is -0.382 e. The van der Waals surface area contributed by atoms with Gasteiger partial charge in [0.25, 0.3) is 5.91 Å². The number of anilines is 2. The Morgan fingerprint density at radius 1 is 1.00 bits per heavy atom. The maximum absolute atomic E-state index is 14.5. The van der Waals surface area contributed by atoms with Gasteiger partial charge in [0.1, 0.15) is 5.41 Å². The van der Waals surface area contributed by atoms with Gasteiger partial charge in [-0.2, -0.15) is 0 Å². The topological polar surface area (TPSA) is 118 Å². The molecule has 4 N–H and O–H groups in total. The molecule has 9 nitrogen and oxygen atoms in total. The van der Waals surface area contributed by atoms with E-state index in [0.717, 1.165) is 54.4 Å². The molecule has 3 aromatic carbocycles. The van der Waals surface area contributed by atoms with Crippen LogP contribution in [-0.4, -0.2) is 49.6 Å². The molecule has 3 amide bonds. The van der Waals surface area contributed by atoms with Gasteiger partial charge in [0.2, 0.25) is 11.8 Å². The first-order valence-electron chi connectivity index (χ1n) is 14.8. The number of fused-ring (bicyclic) bond motifs is 4. The van der Waals surface area contributed by atoms with Gasteiger partial charge in [-0.3, -0.25) is 24.5 Å². The average Bonchev–Trinajstić information content (AvgIpc) is 3.42. The standard InChI is InChI=1S/C33H32Cl2N4O5/c1-43-14-15-44-39-29(40)18-8-10-19(11-9-18)36-30(41)28-27-20-6-5-7-23(34)26(20)21-16-22-25(17-24(21)35)37-31(42)33(22,27)32(38-28)12-3-2-4-13-32/h5-11,16-17,27-28,38H,2-4,12-15H2,1H3,(H,36,41)(H,37,42)(H,39,40)/t27-,28+,33+/m0/s1. The van der Waals surface area contributed by atoms with E-state index in [-0.39, 0.29) is 18.4 Å². The molecular formula is C33H32Cl2N4O5. The summed E-state index contributed by atoms with van der Waals surface area (Å²) < 4.78 is 4.91. The Hall–Kier alpha value is -3.47. The van der Waals surface area contributed by atoms with Crippen LogP contribution in [0.1, 0.15) is 59.5 Å². The summed E-state index contributed by atoms with van der Waals surface area (Å²) in [4.78, 5) is 46.3. The Morgan fingerprint density at radius 2 is 1.77 bits per heavy atom. The molecule has 2 heterocycles. The SMILES string of the molecule is COCCONC(=O)c1ccc(NC(=O)[C@@H]2NC3(CCCCC3)[C@]34C(=O)Nc5cc(Cl)c(cc53)-c3c(Cl)cccc3[C@@H]24)cc1. The van der Waals surface area contributed by atoms with Gasteiger partial charge < -0.3 is 15.4 Å². The normalized spacial score (nSPS) is 23.8. The second kappa shape index (κ2) is 11.2. The molecule has 2 fully saturated rings. The molecular weight excluding hydrogens is 603 g/mol. The van der Waals surface area contributed by atoms with Gasteiger partial charge in [-0.05, 0) is 66.4 Å². The molecule has 2 bridgehead atoms. The lowest BCUT2D eigenvalue weighted by molar-refractivity contribution is -0.124. The Bertz CT molecular complexity index is 1670. The summed E-state index contributed by atoms with van der Waals surface area (Å²) in [6.45, 7) is 0.570. The van der Waals surface area contributed by atoms with E-state index in [9.17, 15) is 14.4 Å². The third kappa shape index (κ3) is 4.29. The van der Waals surface area contributed by atoms with E-state index in [4.69, 9.17) is 32.8 Å². The highest BCUT2D eigenvalue weighted by atomic mass is 35.5. The highest BCUT2D eigenvalue weighted by Crippen LogP contribution is 2.65. The predicted octanol–water partition coefficient (Wildman–Crippen LogP) is 5.57. The van der Waals surface area contributed by atoms with Crippen molar-refractivity contribution in [2.75, 3.05) is 31.0 Å². The molecule has 1 saturated heterocycles. The number of carbonyl (C=O) groups excluding carboxylic acids is 3. The van der Waals surface area contributed by atoms with E-state index in [2.05, 4.69) is 21.4 Å². The average molecular weight is 636 g/mol. The first-order valence-corrected chi connectivity index (χ1v) is 15.6. The number of ether oxygens (including phenoxy) is 1. The van der Waals surface area contributed by atoms with Crippen LogP contribution in [0.15, 0.2) is 54.6 Å². The number of amides is 3. The van der Waals surface area contributed by atoms with Crippen molar-refractivity contribution in [3.8, 4) is 11.1 Å². The van der Waals surface area contributed by atoms with Crippen LogP contribution >= 0.6 is 23.2 Å². The number of benzene rings is 3. The fraction of sp³-hybridized carbons (Fsp3) is 0.364. The van der Waals surface area contributed by atoms with Crippen LogP contribution in [0, 0.1) is 0 Å². The van der Waals surface area contributed by atoms with E-state index >= 15 is 0 Å². The summed E-state index contributed by atoms with van der Waals surface area (Å²) >= 11 is 13.7. The third-order valence-electron chi connectivity index (χ3n) is 9.73. The van der Waals surface area contributed by atoms with Crippen molar-refractivity contribution in [1.29, 1.82) is 0 Å². The van der Waals surface area contributed by atoms with Crippen molar-refractivity contribution in [3.05, 3.63) is 81.3 Å². The molecule has 3 aromatic rings. The monoisotopic (exact) mass is 634 g/mol. The van der Waals surface area contributed by atoms with Crippen molar-refractivity contribution in [3.63, 3.8) is 0 Å². The zero-order valence-corrected chi connectivity index (χ0v) is 25.6. The first kappa shape index (κ1) is 29.3. The number of hydrogen-bond donors (Lipinski definition) is 4. The summed E-state index contributed by atoms with van der Waals surface area (Å²) in [5.74, 6) is -1.36. The number of carbonyl (C=O) groups is 3. The van der Waals surface area contributed by atoms with Gasteiger partial charge in [0, 0.05) is 51.7 Å². The molecule has 2 spiro atoms. The van der Waals surface area contributed by atoms with Gasteiger partial charge in [0.05, 0.1) is 24.3 Å². The van der Waals surface area contributed by atoms with E-state index < -0.39 is 28.8 Å². The van der Waals surface area contributed by atoms with Crippen LogP contribution in [0.25, 0.3) is 11.1 Å². The number of hydrogen-bond acceptors (Lipinski definition) is 6. The number of halogens is 2. The van der Waals surface area contributed by atoms with Crippen LogP contribution in [0.3, 0.4) is 0 Å². The molecule has 0 radical (unpaired) electrons. The minimum atomic E-state index is -1.04. The Labute approximate surface area is 264 Å². The lowest BCUT2D eigenvalue weighted by Crippen LogP contribution is -2.60. The molecule has 2 aliphatic heterocycles. The number of methoxy groups -OCH3 is 1. The maximum atomic E-state index is 14.5. The second-order valence-corrected chi connectivity index (χ2v) is 12.7. The van der Waals surface area contributed by atoms with Crippen LogP contribution in [0.5, 0.6) is 0 Å². The Kier molecular flexibility index (Phi) is 7.42. The second-order valence-electron chi connectivity index (χ2n) is 11.9. The predicted molar refractivity (Wildman–Crippen MR) is 168 cm³/mol. The zero-order valence-electron chi connectivity index (χ0n) is 24.1. The van der Waals surface area contributed by atoms with Crippen LogP contribution in [-0.2, 0) is 24.6 Å². The van der Waals surface area contributed by atoms with Crippen LogP contribution < -0.4 is 21.4 Å². The molecule has 3 atom stereocenters. The van der Waals surface area contributed by atoms with Gasteiger partial charge in [0.15, 0.2) is 0 Å². The molecule has 44 heavy (non-hydrogen) atoms. The fourth-order valence-corrected chi connectivity index (χ4v) is 8.54. The highest BCUT2D eigenvalue weighted by Gasteiger charge is 2.72. The lowest BCUT2D eigenvalue weighted by atomic mass is 9.56.